The quantitative estimate of drug-likeness (QED) is 0.463. The second kappa shape index (κ2) is 9.32. The van der Waals surface area contributed by atoms with Gasteiger partial charge in [0, 0.05) is 17.6 Å². The SMILES string of the molecule is C=CCN(CC(=O)Nc1cccc2ccccc12)S(=O)(=O)c1ccc(Cl)c(C(F)(F)F)c1. The van der Waals surface area contributed by atoms with Gasteiger partial charge < -0.3 is 5.32 Å². The number of carbonyl (C=O) groups is 1. The third-order valence-corrected chi connectivity index (χ3v) is 6.73. The molecule has 0 heterocycles. The molecule has 0 unspecified atom stereocenters. The Hall–Kier alpha value is -2.88. The number of amides is 1. The van der Waals surface area contributed by atoms with E-state index in [9.17, 15) is 26.4 Å². The van der Waals surface area contributed by atoms with Crippen molar-refractivity contribution in [1.29, 1.82) is 0 Å². The van der Waals surface area contributed by atoms with E-state index in [0.717, 1.165) is 27.2 Å². The molecule has 5 nitrogen and oxygen atoms in total. The molecule has 0 aliphatic rings. The van der Waals surface area contributed by atoms with Crippen molar-refractivity contribution < 1.29 is 26.4 Å². The fraction of sp³-hybridized carbons (Fsp3) is 0.136. The number of anilines is 1. The molecule has 168 valence electrons. The summed E-state index contributed by atoms with van der Waals surface area (Å²) in [5.41, 5.74) is -0.797. The molecule has 3 aromatic rings. The lowest BCUT2D eigenvalue weighted by Gasteiger charge is -2.21. The number of alkyl halides is 3. The standard InChI is InChI=1S/C22H18ClF3N2O3S/c1-2-12-28(32(30,31)16-10-11-19(23)18(13-16)22(24,25)26)14-21(29)27-20-9-5-7-15-6-3-4-8-17(15)20/h2-11,13H,1,12,14H2,(H,27,29). The van der Waals surface area contributed by atoms with Gasteiger partial charge in [-0.1, -0.05) is 54.1 Å². The summed E-state index contributed by atoms with van der Waals surface area (Å²) in [7, 11) is -4.45. The van der Waals surface area contributed by atoms with Gasteiger partial charge in [-0.25, -0.2) is 8.42 Å². The highest BCUT2D eigenvalue weighted by molar-refractivity contribution is 7.89. The first-order valence-corrected chi connectivity index (χ1v) is 11.1. The van der Waals surface area contributed by atoms with Crippen LogP contribution >= 0.6 is 11.6 Å². The van der Waals surface area contributed by atoms with Crippen LogP contribution in [0.3, 0.4) is 0 Å². The van der Waals surface area contributed by atoms with Crippen molar-refractivity contribution in [3.05, 3.63) is 83.9 Å². The van der Waals surface area contributed by atoms with Crippen molar-refractivity contribution >= 4 is 44.0 Å². The van der Waals surface area contributed by atoms with Gasteiger partial charge in [0.1, 0.15) is 0 Å². The van der Waals surface area contributed by atoms with E-state index in [4.69, 9.17) is 11.6 Å². The molecule has 1 amide bonds. The van der Waals surface area contributed by atoms with Gasteiger partial charge in [-0.2, -0.15) is 17.5 Å². The summed E-state index contributed by atoms with van der Waals surface area (Å²) in [6.07, 6.45) is -3.60. The van der Waals surface area contributed by atoms with Crippen LogP contribution in [0.15, 0.2) is 78.2 Å². The predicted octanol–water partition coefficient (Wildman–Crippen LogP) is 5.33. The number of nitrogens with zero attached hydrogens (tertiary/aromatic N) is 1. The predicted molar refractivity (Wildman–Crippen MR) is 118 cm³/mol. The summed E-state index contributed by atoms with van der Waals surface area (Å²) in [5.74, 6) is -0.656. The highest BCUT2D eigenvalue weighted by atomic mass is 35.5. The van der Waals surface area contributed by atoms with E-state index in [1.54, 1.807) is 24.3 Å². The molecule has 1 N–H and O–H groups in total. The zero-order valence-corrected chi connectivity index (χ0v) is 18.1. The van der Waals surface area contributed by atoms with Crippen molar-refractivity contribution in [2.24, 2.45) is 0 Å². The molecule has 0 radical (unpaired) electrons. The summed E-state index contributed by atoms with van der Waals surface area (Å²) in [6, 6.07) is 14.8. The average Bonchev–Trinajstić information content (AvgIpc) is 2.73. The summed E-state index contributed by atoms with van der Waals surface area (Å²) in [6.45, 7) is 2.57. The Labute approximate surface area is 188 Å². The van der Waals surface area contributed by atoms with Crippen molar-refractivity contribution in [3.63, 3.8) is 0 Å². The average molecular weight is 483 g/mol. The van der Waals surface area contributed by atoms with Crippen molar-refractivity contribution in [1.82, 2.24) is 4.31 Å². The molecule has 0 spiro atoms. The molecule has 0 fully saturated rings. The number of carbonyl (C=O) groups excluding carboxylic acids is 1. The molecular weight excluding hydrogens is 465 g/mol. The number of sulfonamides is 1. The second-order valence-corrected chi connectivity index (χ2v) is 9.15. The van der Waals surface area contributed by atoms with Crippen LogP contribution < -0.4 is 5.32 Å². The Kier molecular flexibility index (Phi) is 6.92. The van der Waals surface area contributed by atoms with E-state index < -0.39 is 44.1 Å². The van der Waals surface area contributed by atoms with Gasteiger partial charge in [0.25, 0.3) is 0 Å². The van der Waals surface area contributed by atoms with Crippen molar-refractivity contribution in [2.75, 3.05) is 18.4 Å². The summed E-state index contributed by atoms with van der Waals surface area (Å²) >= 11 is 5.59. The highest BCUT2D eigenvalue weighted by Crippen LogP contribution is 2.36. The number of halogens is 4. The van der Waals surface area contributed by atoms with Crippen LogP contribution in [0.2, 0.25) is 5.02 Å². The van der Waals surface area contributed by atoms with E-state index in [2.05, 4.69) is 11.9 Å². The maximum absolute atomic E-state index is 13.2. The molecule has 3 rings (SSSR count). The molecule has 0 aliphatic heterocycles. The first-order chi connectivity index (χ1) is 15.0. The van der Waals surface area contributed by atoms with Crippen molar-refractivity contribution in [3.8, 4) is 0 Å². The van der Waals surface area contributed by atoms with E-state index in [-0.39, 0.29) is 6.54 Å². The third-order valence-electron chi connectivity index (χ3n) is 4.60. The molecule has 3 aromatic carbocycles. The minimum Gasteiger partial charge on any atom is -0.324 e. The lowest BCUT2D eigenvalue weighted by atomic mass is 10.1. The molecule has 0 aromatic heterocycles. The molecule has 0 saturated carbocycles. The number of nitrogens with one attached hydrogen (secondary N) is 1. The zero-order chi connectivity index (χ0) is 23.5. The Morgan fingerprint density at radius 2 is 1.78 bits per heavy atom. The van der Waals surface area contributed by atoms with Gasteiger partial charge in [0.15, 0.2) is 0 Å². The minimum absolute atomic E-state index is 0.282. The first-order valence-electron chi connectivity index (χ1n) is 9.29. The van der Waals surface area contributed by atoms with E-state index in [1.165, 1.54) is 6.08 Å². The van der Waals surface area contributed by atoms with Gasteiger partial charge in [-0.05, 0) is 29.7 Å². The van der Waals surface area contributed by atoms with Crippen molar-refractivity contribution in [2.45, 2.75) is 11.1 Å². The minimum atomic E-state index is -4.84. The first kappa shape index (κ1) is 23.8. The number of fused-ring (bicyclic) bond motifs is 1. The second-order valence-electron chi connectivity index (χ2n) is 6.80. The fourth-order valence-corrected chi connectivity index (χ4v) is 4.73. The Morgan fingerprint density at radius 1 is 1.09 bits per heavy atom. The number of rotatable bonds is 7. The normalized spacial score (nSPS) is 12.2. The van der Waals surface area contributed by atoms with Crippen LogP contribution in [0.4, 0.5) is 18.9 Å². The molecule has 32 heavy (non-hydrogen) atoms. The molecule has 0 atom stereocenters. The number of hydrogen-bond donors (Lipinski definition) is 1. The Bertz CT molecular complexity index is 1270. The molecule has 0 saturated heterocycles. The summed E-state index contributed by atoms with van der Waals surface area (Å²) < 4.78 is 66.3. The lowest BCUT2D eigenvalue weighted by molar-refractivity contribution is -0.137. The maximum atomic E-state index is 13.2. The molecular formula is C22H18ClF3N2O3S. The third kappa shape index (κ3) is 5.12. The summed E-state index contributed by atoms with van der Waals surface area (Å²) in [5, 5.41) is 3.67. The van der Waals surface area contributed by atoms with Crippen LogP contribution in [-0.4, -0.2) is 31.7 Å². The van der Waals surface area contributed by atoms with Crippen LogP contribution in [-0.2, 0) is 21.0 Å². The number of benzene rings is 3. The zero-order valence-electron chi connectivity index (χ0n) is 16.6. The number of hydrogen-bond acceptors (Lipinski definition) is 3. The van der Waals surface area contributed by atoms with Gasteiger partial charge in [0.2, 0.25) is 15.9 Å². The lowest BCUT2D eigenvalue weighted by Crippen LogP contribution is -2.38. The fourth-order valence-electron chi connectivity index (χ4n) is 3.11. The molecule has 0 bridgehead atoms. The Morgan fingerprint density at radius 3 is 2.47 bits per heavy atom. The maximum Gasteiger partial charge on any atom is 0.417 e. The van der Waals surface area contributed by atoms with Gasteiger partial charge >= 0.3 is 6.18 Å². The van der Waals surface area contributed by atoms with E-state index in [0.29, 0.717) is 11.8 Å². The largest absolute Gasteiger partial charge is 0.417 e. The van der Waals surface area contributed by atoms with Gasteiger partial charge in [-0.3, -0.25) is 4.79 Å². The van der Waals surface area contributed by atoms with Crippen LogP contribution in [0.25, 0.3) is 10.8 Å². The summed E-state index contributed by atoms with van der Waals surface area (Å²) in [4.78, 5) is 12.0. The monoisotopic (exact) mass is 482 g/mol. The van der Waals surface area contributed by atoms with Crippen LogP contribution in [0.5, 0.6) is 0 Å². The van der Waals surface area contributed by atoms with E-state index in [1.807, 2.05) is 18.2 Å². The topological polar surface area (TPSA) is 66.5 Å². The van der Waals surface area contributed by atoms with Crippen LogP contribution in [0, 0.1) is 0 Å². The smallest absolute Gasteiger partial charge is 0.324 e. The van der Waals surface area contributed by atoms with Gasteiger partial charge in [-0.15, -0.1) is 6.58 Å². The van der Waals surface area contributed by atoms with Crippen LogP contribution in [0.1, 0.15) is 5.56 Å². The van der Waals surface area contributed by atoms with E-state index >= 15 is 0 Å². The highest BCUT2D eigenvalue weighted by Gasteiger charge is 2.35. The Balaban J connectivity index is 1.89. The molecule has 0 aliphatic carbocycles. The van der Waals surface area contributed by atoms with Gasteiger partial charge in [0.05, 0.1) is 22.0 Å². The molecule has 10 heteroatoms.